The zero-order valence-electron chi connectivity index (χ0n) is 8.20. The van der Waals surface area contributed by atoms with Crippen LogP contribution in [-0.2, 0) is 0 Å². The van der Waals surface area contributed by atoms with Crippen LogP contribution in [0.1, 0.15) is 23.5 Å². The van der Waals surface area contributed by atoms with Crippen molar-refractivity contribution in [3.8, 4) is 0 Å². The second kappa shape index (κ2) is 4.02. The first-order chi connectivity index (χ1) is 6.77. The minimum absolute atomic E-state index is 0.499. The van der Waals surface area contributed by atoms with E-state index in [9.17, 15) is 0 Å². The fourth-order valence-electron chi connectivity index (χ4n) is 1.83. The highest BCUT2D eigenvalue weighted by Gasteiger charge is 2.11. The fraction of sp³-hybridized carbons (Fsp3) is 0.231. The van der Waals surface area contributed by atoms with E-state index in [0.717, 1.165) is 11.5 Å². The molecule has 0 saturated heterocycles. The van der Waals surface area contributed by atoms with Gasteiger partial charge in [-0.1, -0.05) is 48.0 Å². The molecule has 2 rings (SSSR count). The van der Waals surface area contributed by atoms with E-state index < -0.39 is 0 Å². The lowest BCUT2D eigenvalue weighted by Crippen LogP contribution is -1.99. The van der Waals surface area contributed by atoms with Gasteiger partial charge in [0.05, 0.1) is 0 Å². The Hall–Kier alpha value is -1.01. The molecule has 0 amide bonds. The Morgan fingerprint density at radius 2 is 2.07 bits per heavy atom. The van der Waals surface area contributed by atoms with Crippen molar-refractivity contribution >= 4 is 11.6 Å². The summed E-state index contributed by atoms with van der Waals surface area (Å²) in [5.74, 6) is 0.499. The first-order valence-corrected chi connectivity index (χ1v) is 5.24. The van der Waals surface area contributed by atoms with Crippen molar-refractivity contribution in [2.75, 3.05) is 0 Å². The van der Waals surface area contributed by atoms with Gasteiger partial charge in [-0.05, 0) is 30.5 Å². The predicted molar refractivity (Wildman–Crippen MR) is 61.6 cm³/mol. The smallest absolute Gasteiger partial charge is 0.0363 e. The second-order valence-corrected chi connectivity index (χ2v) is 4.08. The van der Waals surface area contributed by atoms with Crippen molar-refractivity contribution in [3.63, 3.8) is 0 Å². The molecule has 0 nitrogen and oxygen atoms in total. The molecule has 1 atom stereocenters. The van der Waals surface area contributed by atoms with Gasteiger partial charge in [-0.3, -0.25) is 0 Å². The van der Waals surface area contributed by atoms with Crippen molar-refractivity contribution in [1.29, 1.82) is 0 Å². The molecule has 1 unspecified atom stereocenters. The van der Waals surface area contributed by atoms with Gasteiger partial charge in [0.2, 0.25) is 0 Å². The molecule has 72 valence electrons. The molecule has 1 aromatic carbocycles. The molecule has 0 aliphatic heterocycles. The molecule has 0 radical (unpaired) electrons. The molecule has 0 aromatic heterocycles. The summed E-state index contributed by atoms with van der Waals surface area (Å²) < 4.78 is 0. The maximum absolute atomic E-state index is 5.88. The van der Waals surface area contributed by atoms with E-state index in [2.05, 4.69) is 43.3 Å². The molecule has 0 fully saturated rings. The maximum atomic E-state index is 5.88. The molecule has 1 aliphatic carbocycles. The Balaban J connectivity index is 2.26. The zero-order valence-corrected chi connectivity index (χ0v) is 8.96. The lowest BCUT2D eigenvalue weighted by molar-refractivity contribution is 0.843. The van der Waals surface area contributed by atoms with Crippen LogP contribution in [0, 0.1) is 6.92 Å². The summed E-state index contributed by atoms with van der Waals surface area (Å²) >= 11 is 5.88. The standard InChI is InChI=1S/C13H13Cl/c1-10-4-2-3-5-13(10)11-6-8-12(14)9-7-11/h2-6,8-9,11H,7H2,1H3. The van der Waals surface area contributed by atoms with Crippen LogP contribution in [0.2, 0.25) is 0 Å². The highest BCUT2D eigenvalue weighted by Crippen LogP contribution is 2.29. The molecule has 1 heteroatoms. The fourth-order valence-corrected chi connectivity index (χ4v) is 1.99. The van der Waals surface area contributed by atoms with Gasteiger partial charge in [-0.25, -0.2) is 0 Å². The van der Waals surface area contributed by atoms with Crippen LogP contribution >= 0.6 is 11.6 Å². The van der Waals surface area contributed by atoms with Gasteiger partial charge in [-0.2, -0.15) is 0 Å². The average Bonchev–Trinajstić information content (AvgIpc) is 2.20. The summed E-state index contributed by atoms with van der Waals surface area (Å²) in [7, 11) is 0. The van der Waals surface area contributed by atoms with E-state index in [1.54, 1.807) is 0 Å². The lowest BCUT2D eigenvalue weighted by Gasteiger charge is -2.16. The first-order valence-electron chi connectivity index (χ1n) is 4.87. The SMILES string of the molecule is Cc1ccccc1C1C=CC(Cl)=CC1. The van der Waals surface area contributed by atoms with Gasteiger partial charge in [0.25, 0.3) is 0 Å². The Bertz CT molecular complexity index is 388. The quantitative estimate of drug-likeness (QED) is 0.645. The van der Waals surface area contributed by atoms with Gasteiger partial charge in [-0.15, -0.1) is 0 Å². The zero-order chi connectivity index (χ0) is 9.97. The maximum Gasteiger partial charge on any atom is 0.0363 e. The monoisotopic (exact) mass is 204 g/mol. The molecule has 0 saturated carbocycles. The van der Waals surface area contributed by atoms with Gasteiger partial charge in [0.1, 0.15) is 0 Å². The minimum Gasteiger partial charge on any atom is -0.0847 e. The number of allylic oxidation sites excluding steroid dienone is 4. The van der Waals surface area contributed by atoms with Gasteiger partial charge in [0.15, 0.2) is 0 Å². The van der Waals surface area contributed by atoms with Crippen LogP contribution in [-0.4, -0.2) is 0 Å². The molecule has 0 heterocycles. The first kappa shape index (κ1) is 9.54. The van der Waals surface area contributed by atoms with Crippen LogP contribution in [0.15, 0.2) is 47.5 Å². The minimum atomic E-state index is 0.499. The molecule has 0 spiro atoms. The third-order valence-corrected chi connectivity index (χ3v) is 2.92. The number of halogens is 1. The number of benzene rings is 1. The summed E-state index contributed by atoms with van der Waals surface area (Å²) in [6, 6.07) is 8.52. The van der Waals surface area contributed by atoms with Crippen LogP contribution in [0.3, 0.4) is 0 Å². The predicted octanol–water partition coefficient (Wildman–Crippen LogP) is 4.16. The van der Waals surface area contributed by atoms with Crippen molar-refractivity contribution in [3.05, 3.63) is 58.7 Å². The van der Waals surface area contributed by atoms with Crippen LogP contribution in [0.25, 0.3) is 0 Å². The summed E-state index contributed by atoms with van der Waals surface area (Å²) in [6.07, 6.45) is 7.27. The van der Waals surface area contributed by atoms with Gasteiger partial charge < -0.3 is 0 Å². The van der Waals surface area contributed by atoms with E-state index in [-0.39, 0.29) is 0 Å². The van der Waals surface area contributed by atoms with E-state index in [1.165, 1.54) is 11.1 Å². The van der Waals surface area contributed by atoms with Crippen LogP contribution < -0.4 is 0 Å². The van der Waals surface area contributed by atoms with Crippen LogP contribution in [0.5, 0.6) is 0 Å². The van der Waals surface area contributed by atoms with Gasteiger partial charge in [0, 0.05) is 11.0 Å². The normalized spacial score (nSPS) is 20.7. The summed E-state index contributed by atoms with van der Waals surface area (Å²) in [5.41, 5.74) is 2.76. The van der Waals surface area contributed by atoms with Crippen molar-refractivity contribution in [2.24, 2.45) is 0 Å². The molecule has 0 bridgehead atoms. The third kappa shape index (κ3) is 1.91. The van der Waals surface area contributed by atoms with E-state index in [1.807, 2.05) is 6.08 Å². The number of hydrogen-bond acceptors (Lipinski definition) is 0. The Kier molecular flexibility index (Phi) is 2.74. The topological polar surface area (TPSA) is 0 Å². The van der Waals surface area contributed by atoms with Gasteiger partial charge >= 0.3 is 0 Å². The largest absolute Gasteiger partial charge is 0.0847 e. The molecule has 14 heavy (non-hydrogen) atoms. The van der Waals surface area contributed by atoms with E-state index in [4.69, 9.17) is 11.6 Å². The second-order valence-electron chi connectivity index (χ2n) is 3.65. The molecule has 1 aliphatic rings. The number of hydrogen-bond donors (Lipinski definition) is 0. The van der Waals surface area contributed by atoms with Crippen molar-refractivity contribution in [1.82, 2.24) is 0 Å². The Morgan fingerprint density at radius 1 is 1.29 bits per heavy atom. The highest BCUT2D eigenvalue weighted by atomic mass is 35.5. The van der Waals surface area contributed by atoms with E-state index >= 15 is 0 Å². The van der Waals surface area contributed by atoms with Crippen molar-refractivity contribution < 1.29 is 0 Å². The van der Waals surface area contributed by atoms with Crippen LogP contribution in [0.4, 0.5) is 0 Å². The average molecular weight is 205 g/mol. The van der Waals surface area contributed by atoms with Crippen molar-refractivity contribution in [2.45, 2.75) is 19.3 Å². The van der Waals surface area contributed by atoms with E-state index in [0.29, 0.717) is 5.92 Å². The number of aryl methyl sites for hydroxylation is 1. The lowest BCUT2D eigenvalue weighted by atomic mass is 9.90. The summed E-state index contributed by atoms with van der Waals surface area (Å²) in [6.45, 7) is 2.16. The third-order valence-electron chi connectivity index (χ3n) is 2.64. The molecular weight excluding hydrogens is 192 g/mol. The molecule has 1 aromatic rings. The summed E-state index contributed by atoms with van der Waals surface area (Å²) in [5, 5.41) is 0.856. The number of rotatable bonds is 1. The highest BCUT2D eigenvalue weighted by molar-refractivity contribution is 6.31. The summed E-state index contributed by atoms with van der Waals surface area (Å²) in [4.78, 5) is 0. The molecular formula is C13H13Cl. The molecule has 0 N–H and O–H groups in total. The Labute approximate surface area is 89.9 Å². The Morgan fingerprint density at radius 3 is 2.71 bits per heavy atom.